The number of nitrogens with one attached hydrogen (secondary N) is 3. The highest BCUT2D eigenvalue weighted by Crippen LogP contribution is 2.25. The van der Waals surface area contributed by atoms with Gasteiger partial charge >= 0.3 is 0 Å². The van der Waals surface area contributed by atoms with Gasteiger partial charge in [0, 0.05) is 35.4 Å². The summed E-state index contributed by atoms with van der Waals surface area (Å²) in [5.74, 6) is 1.52. The van der Waals surface area contributed by atoms with Gasteiger partial charge in [-0.1, -0.05) is 12.1 Å². The molecule has 6 nitrogen and oxygen atoms in total. The lowest BCUT2D eigenvalue weighted by Gasteiger charge is -2.25. The molecule has 3 N–H and O–H groups in total. The number of aromatic nitrogens is 2. The van der Waals surface area contributed by atoms with E-state index >= 15 is 0 Å². The predicted molar refractivity (Wildman–Crippen MR) is 116 cm³/mol. The standard InChI is InChI=1S/C21H24N6S/c1-22-28-19-5-3-4-17(11-19)25-20-12-21(24-14-23-20)26-18-7-6-15-8-9-27(2)13-16(15)10-18/h3-7,10-12,14,22H,8-9,13H2,1-2H3,(H2,23,24,25,26). The second-order valence-corrected chi connectivity index (χ2v) is 7.93. The largest absolute Gasteiger partial charge is 0.340 e. The van der Waals surface area contributed by atoms with E-state index in [9.17, 15) is 0 Å². The molecule has 0 saturated heterocycles. The highest BCUT2D eigenvalue weighted by molar-refractivity contribution is 7.97. The van der Waals surface area contributed by atoms with Crippen molar-refractivity contribution in [3.05, 3.63) is 66.0 Å². The van der Waals surface area contributed by atoms with Gasteiger partial charge in [0.25, 0.3) is 0 Å². The highest BCUT2D eigenvalue weighted by atomic mass is 32.2. The average molecular weight is 393 g/mol. The van der Waals surface area contributed by atoms with Crippen LogP contribution in [0.4, 0.5) is 23.0 Å². The van der Waals surface area contributed by atoms with Gasteiger partial charge in [-0.2, -0.15) is 0 Å². The van der Waals surface area contributed by atoms with E-state index in [-0.39, 0.29) is 0 Å². The number of rotatable bonds is 6. The first-order valence-corrected chi connectivity index (χ1v) is 10.1. The van der Waals surface area contributed by atoms with E-state index in [0.29, 0.717) is 0 Å². The van der Waals surface area contributed by atoms with Gasteiger partial charge in [-0.25, -0.2) is 9.97 Å². The van der Waals surface area contributed by atoms with Gasteiger partial charge in [-0.05, 0) is 73.9 Å². The second kappa shape index (κ2) is 8.60. The smallest absolute Gasteiger partial charge is 0.135 e. The van der Waals surface area contributed by atoms with Crippen molar-refractivity contribution in [2.45, 2.75) is 17.9 Å². The number of hydrogen-bond donors (Lipinski definition) is 3. The first-order chi connectivity index (χ1) is 13.7. The van der Waals surface area contributed by atoms with Crippen molar-refractivity contribution < 1.29 is 0 Å². The summed E-state index contributed by atoms with van der Waals surface area (Å²) in [7, 11) is 4.07. The average Bonchev–Trinajstić information content (AvgIpc) is 2.68. The summed E-state index contributed by atoms with van der Waals surface area (Å²) in [6.07, 6.45) is 2.68. The molecule has 1 aliphatic rings. The molecule has 0 atom stereocenters. The first kappa shape index (κ1) is 18.7. The first-order valence-electron chi connectivity index (χ1n) is 9.30. The molecule has 0 spiro atoms. The molecular formula is C21H24N6S. The van der Waals surface area contributed by atoms with Crippen LogP contribution >= 0.6 is 11.9 Å². The minimum Gasteiger partial charge on any atom is -0.340 e. The Hall–Kier alpha value is -2.61. The molecule has 0 radical (unpaired) electrons. The zero-order valence-electron chi connectivity index (χ0n) is 16.1. The summed E-state index contributed by atoms with van der Waals surface area (Å²) in [5, 5.41) is 6.75. The van der Waals surface area contributed by atoms with E-state index in [2.05, 4.69) is 67.6 Å². The third-order valence-electron chi connectivity index (χ3n) is 4.68. The van der Waals surface area contributed by atoms with Crippen LogP contribution in [0, 0.1) is 0 Å². The van der Waals surface area contributed by atoms with E-state index < -0.39 is 0 Å². The topological polar surface area (TPSA) is 65.1 Å². The number of hydrogen-bond acceptors (Lipinski definition) is 7. The Kier molecular flexibility index (Phi) is 5.76. The zero-order valence-corrected chi connectivity index (χ0v) is 16.9. The number of likely N-dealkylation sites (N-methyl/N-ethyl adjacent to an activating group) is 1. The lowest BCUT2D eigenvalue weighted by atomic mass is 9.99. The Morgan fingerprint density at radius 3 is 2.50 bits per heavy atom. The Bertz CT molecular complexity index is 961. The van der Waals surface area contributed by atoms with Gasteiger partial charge < -0.3 is 15.5 Å². The minimum atomic E-state index is 0.752. The van der Waals surface area contributed by atoms with Gasteiger partial charge in [0.2, 0.25) is 0 Å². The molecule has 1 aliphatic heterocycles. The number of fused-ring (bicyclic) bond motifs is 1. The van der Waals surface area contributed by atoms with Crippen molar-refractivity contribution in [3.8, 4) is 0 Å². The normalized spacial score (nSPS) is 13.8. The molecule has 28 heavy (non-hydrogen) atoms. The molecule has 0 bridgehead atoms. The van der Waals surface area contributed by atoms with Crippen LogP contribution in [0.5, 0.6) is 0 Å². The van der Waals surface area contributed by atoms with Crippen molar-refractivity contribution in [1.29, 1.82) is 0 Å². The van der Waals surface area contributed by atoms with Gasteiger partial charge in [0.1, 0.15) is 18.0 Å². The molecule has 0 fully saturated rings. The Morgan fingerprint density at radius 1 is 0.929 bits per heavy atom. The van der Waals surface area contributed by atoms with Crippen LogP contribution in [-0.2, 0) is 13.0 Å². The summed E-state index contributed by atoms with van der Waals surface area (Å²) in [5.41, 5.74) is 4.85. The van der Waals surface area contributed by atoms with E-state index in [1.54, 1.807) is 18.3 Å². The van der Waals surface area contributed by atoms with Gasteiger partial charge in [0.05, 0.1) is 0 Å². The molecule has 0 saturated carbocycles. The predicted octanol–water partition coefficient (Wildman–Crippen LogP) is 4.18. The number of benzene rings is 2. The van der Waals surface area contributed by atoms with Crippen molar-refractivity contribution in [3.63, 3.8) is 0 Å². The maximum absolute atomic E-state index is 4.36. The number of nitrogens with zero attached hydrogens (tertiary/aromatic N) is 3. The maximum Gasteiger partial charge on any atom is 0.135 e. The maximum atomic E-state index is 4.36. The SMILES string of the molecule is CNSc1cccc(Nc2cc(Nc3ccc4c(c3)CN(C)CC4)ncn2)c1. The highest BCUT2D eigenvalue weighted by Gasteiger charge is 2.13. The van der Waals surface area contributed by atoms with Crippen LogP contribution in [0.15, 0.2) is 59.8 Å². The molecule has 3 aromatic rings. The van der Waals surface area contributed by atoms with Gasteiger partial charge in [-0.3, -0.25) is 4.72 Å². The van der Waals surface area contributed by atoms with Crippen LogP contribution in [-0.4, -0.2) is 35.5 Å². The van der Waals surface area contributed by atoms with Gasteiger partial charge in [-0.15, -0.1) is 0 Å². The van der Waals surface area contributed by atoms with Crippen molar-refractivity contribution >= 4 is 35.0 Å². The van der Waals surface area contributed by atoms with E-state index in [1.807, 2.05) is 25.2 Å². The van der Waals surface area contributed by atoms with E-state index in [4.69, 9.17) is 0 Å². The zero-order chi connectivity index (χ0) is 19.3. The molecule has 4 rings (SSSR count). The van der Waals surface area contributed by atoms with Crippen molar-refractivity contribution in [1.82, 2.24) is 19.6 Å². The molecule has 144 valence electrons. The third-order valence-corrected chi connectivity index (χ3v) is 5.37. The van der Waals surface area contributed by atoms with E-state index in [1.165, 1.54) is 11.1 Å². The molecule has 0 amide bonds. The molecule has 0 aliphatic carbocycles. The third kappa shape index (κ3) is 4.62. The van der Waals surface area contributed by atoms with Crippen LogP contribution in [0.3, 0.4) is 0 Å². The fourth-order valence-electron chi connectivity index (χ4n) is 3.32. The van der Waals surface area contributed by atoms with Crippen molar-refractivity contribution in [2.24, 2.45) is 0 Å². The van der Waals surface area contributed by atoms with E-state index in [0.717, 1.165) is 47.4 Å². The molecule has 7 heteroatoms. The summed E-state index contributed by atoms with van der Waals surface area (Å²) >= 11 is 1.58. The monoisotopic (exact) mass is 392 g/mol. The molecular weight excluding hydrogens is 368 g/mol. The Morgan fingerprint density at radius 2 is 1.71 bits per heavy atom. The summed E-state index contributed by atoms with van der Waals surface area (Å²) < 4.78 is 3.09. The Labute approximate surface area is 169 Å². The molecule has 0 unspecified atom stereocenters. The summed E-state index contributed by atoms with van der Waals surface area (Å²) in [4.78, 5) is 12.2. The summed E-state index contributed by atoms with van der Waals surface area (Å²) in [6, 6.07) is 16.7. The van der Waals surface area contributed by atoms with Crippen LogP contribution < -0.4 is 15.4 Å². The quantitative estimate of drug-likeness (QED) is 0.544. The molecule has 1 aromatic heterocycles. The minimum absolute atomic E-state index is 0.752. The summed E-state index contributed by atoms with van der Waals surface area (Å²) in [6.45, 7) is 2.11. The molecule has 2 heterocycles. The Balaban J connectivity index is 1.48. The van der Waals surface area contributed by atoms with Crippen LogP contribution in [0.25, 0.3) is 0 Å². The van der Waals surface area contributed by atoms with Crippen LogP contribution in [0.1, 0.15) is 11.1 Å². The van der Waals surface area contributed by atoms with Gasteiger partial charge in [0.15, 0.2) is 0 Å². The lowest BCUT2D eigenvalue weighted by Crippen LogP contribution is -2.26. The lowest BCUT2D eigenvalue weighted by molar-refractivity contribution is 0.313. The molecule has 2 aromatic carbocycles. The second-order valence-electron chi connectivity index (χ2n) is 6.84. The fourth-order valence-corrected chi connectivity index (χ4v) is 3.89. The van der Waals surface area contributed by atoms with Crippen molar-refractivity contribution in [2.75, 3.05) is 31.3 Å². The van der Waals surface area contributed by atoms with Crippen LogP contribution in [0.2, 0.25) is 0 Å². The fraction of sp³-hybridized carbons (Fsp3) is 0.238. The number of anilines is 4.